The third-order valence-corrected chi connectivity index (χ3v) is 4.28. The second-order valence-corrected chi connectivity index (χ2v) is 5.32. The van der Waals surface area contributed by atoms with E-state index in [4.69, 9.17) is 23.2 Å². The summed E-state index contributed by atoms with van der Waals surface area (Å²) in [7, 11) is 0. The first kappa shape index (κ1) is 11.8. The molecule has 0 saturated heterocycles. The molecule has 0 amide bonds. The van der Waals surface area contributed by atoms with E-state index in [9.17, 15) is 5.26 Å². The molecule has 3 heteroatoms. The molecule has 16 heavy (non-hydrogen) atoms. The standard InChI is InChI=1S/C13H13Cl2N/c1-2-9-6-13(7-9,8-16)10-3-4-11(14)12(15)5-10/h3-5,9H,2,6-7H2,1H3. The van der Waals surface area contributed by atoms with Gasteiger partial charge in [-0.2, -0.15) is 5.26 Å². The summed E-state index contributed by atoms with van der Waals surface area (Å²) in [5.41, 5.74) is 0.684. The zero-order valence-electron chi connectivity index (χ0n) is 9.13. The fraction of sp³-hybridized carbons (Fsp3) is 0.462. The number of hydrogen-bond donors (Lipinski definition) is 0. The van der Waals surface area contributed by atoms with Gasteiger partial charge in [0.2, 0.25) is 0 Å². The lowest BCUT2D eigenvalue weighted by Crippen LogP contribution is -2.39. The van der Waals surface area contributed by atoms with Gasteiger partial charge in [-0.15, -0.1) is 0 Å². The molecule has 1 aromatic rings. The molecule has 1 nitrogen and oxygen atoms in total. The third kappa shape index (κ3) is 1.81. The van der Waals surface area contributed by atoms with E-state index in [-0.39, 0.29) is 5.41 Å². The molecule has 1 saturated carbocycles. The van der Waals surface area contributed by atoms with E-state index >= 15 is 0 Å². The first-order valence-electron chi connectivity index (χ1n) is 5.48. The molecule has 0 spiro atoms. The molecule has 0 aromatic heterocycles. The SMILES string of the molecule is CCC1CC(C#N)(c2ccc(Cl)c(Cl)c2)C1. The van der Waals surface area contributed by atoms with Crippen LogP contribution in [0.15, 0.2) is 18.2 Å². The first-order valence-corrected chi connectivity index (χ1v) is 6.23. The number of rotatable bonds is 2. The van der Waals surface area contributed by atoms with Crippen LogP contribution in [0, 0.1) is 17.2 Å². The molecule has 0 atom stereocenters. The maximum Gasteiger partial charge on any atom is 0.0828 e. The van der Waals surface area contributed by atoms with Crippen LogP contribution in [0.4, 0.5) is 0 Å². The summed E-state index contributed by atoms with van der Waals surface area (Å²) in [5, 5.41) is 10.4. The van der Waals surface area contributed by atoms with E-state index < -0.39 is 0 Å². The Morgan fingerprint density at radius 3 is 2.56 bits per heavy atom. The zero-order chi connectivity index (χ0) is 11.8. The van der Waals surface area contributed by atoms with Crippen LogP contribution >= 0.6 is 23.2 Å². The van der Waals surface area contributed by atoms with Gasteiger partial charge >= 0.3 is 0 Å². The normalized spacial score (nSPS) is 28.2. The van der Waals surface area contributed by atoms with E-state index in [0.29, 0.717) is 16.0 Å². The van der Waals surface area contributed by atoms with Crippen molar-refractivity contribution >= 4 is 23.2 Å². The molecule has 0 bridgehead atoms. The predicted molar refractivity (Wildman–Crippen MR) is 66.8 cm³/mol. The van der Waals surface area contributed by atoms with Crippen LogP contribution < -0.4 is 0 Å². The second-order valence-electron chi connectivity index (χ2n) is 4.51. The summed E-state index contributed by atoms with van der Waals surface area (Å²) >= 11 is 11.9. The Morgan fingerprint density at radius 2 is 2.06 bits per heavy atom. The maximum absolute atomic E-state index is 9.34. The van der Waals surface area contributed by atoms with Crippen molar-refractivity contribution in [2.24, 2.45) is 5.92 Å². The topological polar surface area (TPSA) is 23.8 Å². The Bertz CT molecular complexity index is 442. The monoisotopic (exact) mass is 253 g/mol. The van der Waals surface area contributed by atoms with Gasteiger partial charge in [0, 0.05) is 0 Å². The van der Waals surface area contributed by atoms with Gasteiger partial charge in [-0.1, -0.05) is 42.6 Å². The van der Waals surface area contributed by atoms with Gasteiger partial charge in [0.15, 0.2) is 0 Å². The Balaban J connectivity index is 2.30. The quantitative estimate of drug-likeness (QED) is 0.758. The van der Waals surface area contributed by atoms with Crippen molar-refractivity contribution in [1.29, 1.82) is 5.26 Å². The predicted octanol–water partition coefficient (Wildman–Crippen LogP) is 4.57. The van der Waals surface area contributed by atoms with Gasteiger partial charge in [0.25, 0.3) is 0 Å². The lowest BCUT2D eigenvalue weighted by molar-refractivity contribution is 0.192. The van der Waals surface area contributed by atoms with Crippen molar-refractivity contribution in [2.45, 2.75) is 31.6 Å². The van der Waals surface area contributed by atoms with E-state index in [1.165, 1.54) is 0 Å². The number of halogens is 2. The van der Waals surface area contributed by atoms with Crippen LogP contribution in [0.3, 0.4) is 0 Å². The average molecular weight is 254 g/mol. The highest BCUT2D eigenvalue weighted by molar-refractivity contribution is 6.42. The minimum Gasteiger partial charge on any atom is -0.197 e. The van der Waals surface area contributed by atoms with Gasteiger partial charge < -0.3 is 0 Å². The Kier molecular flexibility index (Phi) is 3.15. The second kappa shape index (κ2) is 4.28. The van der Waals surface area contributed by atoms with Crippen molar-refractivity contribution in [2.75, 3.05) is 0 Å². The van der Waals surface area contributed by atoms with Crippen LogP contribution in [-0.4, -0.2) is 0 Å². The minimum atomic E-state index is -0.324. The molecule has 2 rings (SSSR count). The Hall–Kier alpha value is -0.710. The highest BCUT2D eigenvalue weighted by Crippen LogP contribution is 2.49. The Morgan fingerprint density at radius 1 is 1.38 bits per heavy atom. The van der Waals surface area contributed by atoms with E-state index in [2.05, 4.69) is 13.0 Å². The molecule has 1 aliphatic carbocycles. The highest BCUT2D eigenvalue weighted by Gasteiger charge is 2.45. The largest absolute Gasteiger partial charge is 0.197 e. The van der Waals surface area contributed by atoms with E-state index in [1.807, 2.05) is 12.1 Å². The fourth-order valence-electron chi connectivity index (χ4n) is 2.40. The van der Waals surface area contributed by atoms with Crippen LogP contribution in [-0.2, 0) is 5.41 Å². The van der Waals surface area contributed by atoms with Crippen molar-refractivity contribution < 1.29 is 0 Å². The van der Waals surface area contributed by atoms with E-state index in [1.54, 1.807) is 6.07 Å². The smallest absolute Gasteiger partial charge is 0.0828 e. The van der Waals surface area contributed by atoms with Gasteiger partial charge in [-0.05, 0) is 36.5 Å². The molecular formula is C13H13Cl2N. The molecule has 0 radical (unpaired) electrons. The number of hydrogen-bond acceptors (Lipinski definition) is 1. The molecule has 0 unspecified atom stereocenters. The minimum absolute atomic E-state index is 0.324. The lowest BCUT2D eigenvalue weighted by atomic mass is 9.59. The summed E-state index contributed by atoms with van der Waals surface area (Å²) in [5.74, 6) is 0.675. The van der Waals surface area contributed by atoms with Crippen molar-refractivity contribution in [3.8, 4) is 6.07 Å². The summed E-state index contributed by atoms with van der Waals surface area (Å²) < 4.78 is 0. The van der Waals surface area contributed by atoms with Crippen LogP contribution in [0.5, 0.6) is 0 Å². The summed E-state index contributed by atoms with van der Waals surface area (Å²) in [4.78, 5) is 0. The molecule has 1 aliphatic rings. The van der Waals surface area contributed by atoms with Crippen LogP contribution in [0.1, 0.15) is 31.7 Å². The van der Waals surface area contributed by atoms with Gasteiger partial charge in [-0.3, -0.25) is 0 Å². The number of nitriles is 1. The van der Waals surface area contributed by atoms with Crippen LogP contribution in [0.25, 0.3) is 0 Å². The van der Waals surface area contributed by atoms with Gasteiger partial charge in [0.1, 0.15) is 0 Å². The summed E-state index contributed by atoms with van der Waals surface area (Å²) in [6.07, 6.45) is 3.03. The molecule has 1 fully saturated rings. The maximum atomic E-state index is 9.34. The Labute approximate surface area is 106 Å². The molecular weight excluding hydrogens is 241 g/mol. The van der Waals surface area contributed by atoms with Crippen LogP contribution in [0.2, 0.25) is 10.0 Å². The van der Waals surface area contributed by atoms with E-state index in [0.717, 1.165) is 24.8 Å². The highest BCUT2D eigenvalue weighted by atomic mass is 35.5. The number of nitrogens with zero attached hydrogens (tertiary/aromatic N) is 1. The molecule has 0 aliphatic heterocycles. The average Bonchev–Trinajstić information content (AvgIpc) is 2.23. The number of benzene rings is 1. The first-order chi connectivity index (χ1) is 7.61. The van der Waals surface area contributed by atoms with Crippen molar-refractivity contribution in [1.82, 2.24) is 0 Å². The summed E-state index contributed by atoms with van der Waals surface area (Å²) in [6, 6.07) is 7.97. The molecule has 84 valence electrons. The molecule has 1 aromatic carbocycles. The molecule has 0 N–H and O–H groups in total. The molecule has 0 heterocycles. The third-order valence-electron chi connectivity index (χ3n) is 3.54. The summed E-state index contributed by atoms with van der Waals surface area (Å²) in [6.45, 7) is 2.17. The van der Waals surface area contributed by atoms with Crippen molar-refractivity contribution in [3.05, 3.63) is 33.8 Å². The fourth-order valence-corrected chi connectivity index (χ4v) is 2.70. The van der Waals surface area contributed by atoms with Crippen molar-refractivity contribution in [3.63, 3.8) is 0 Å². The zero-order valence-corrected chi connectivity index (χ0v) is 10.6. The lowest BCUT2D eigenvalue weighted by Gasteiger charge is -2.42. The van der Waals surface area contributed by atoms with Gasteiger partial charge in [-0.25, -0.2) is 0 Å². The van der Waals surface area contributed by atoms with Gasteiger partial charge in [0.05, 0.1) is 21.5 Å².